The Morgan fingerprint density at radius 1 is 1.00 bits per heavy atom. The monoisotopic (exact) mass is 254 g/mol. The molecule has 0 unspecified atom stereocenters. The summed E-state index contributed by atoms with van der Waals surface area (Å²) in [5, 5.41) is 4.07. The van der Waals surface area contributed by atoms with Crippen molar-refractivity contribution in [3.05, 3.63) is 53.6 Å². The van der Waals surface area contributed by atoms with Gasteiger partial charge in [-0.15, -0.1) is 0 Å². The van der Waals surface area contributed by atoms with Crippen LogP contribution >= 0.6 is 0 Å². The van der Waals surface area contributed by atoms with E-state index >= 15 is 0 Å². The van der Waals surface area contributed by atoms with Gasteiger partial charge >= 0.3 is 0 Å². The molecule has 0 aromatic heterocycles. The number of carbonyl (C=O) groups is 1. The molecular formula is C14H14N4O. The van der Waals surface area contributed by atoms with Gasteiger partial charge in [-0.05, 0) is 24.3 Å². The number of benzene rings is 2. The lowest BCUT2D eigenvalue weighted by Crippen LogP contribution is -2.01. The summed E-state index contributed by atoms with van der Waals surface area (Å²) in [5.74, 6) is 0. The molecule has 0 spiro atoms. The number of para-hydroxylation sites is 1. The zero-order chi connectivity index (χ0) is 13.7. The third kappa shape index (κ3) is 3.10. The molecule has 2 aromatic carbocycles. The number of anilines is 3. The second kappa shape index (κ2) is 5.68. The van der Waals surface area contributed by atoms with Crippen LogP contribution in [0.15, 0.2) is 47.6 Å². The maximum absolute atomic E-state index is 10.8. The lowest BCUT2D eigenvalue weighted by atomic mass is 10.1. The highest BCUT2D eigenvalue weighted by atomic mass is 16.1. The van der Waals surface area contributed by atoms with Crippen LogP contribution in [0.5, 0.6) is 0 Å². The smallest absolute Gasteiger partial charge is 0.152 e. The fourth-order valence-corrected chi connectivity index (χ4v) is 1.57. The molecule has 0 radical (unpaired) electrons. The van der Waals surface area contributed by atoms with E-state index in [1.54, 1.807) is 18.3 Å². The van der Waals surface area contributed by atoms with Gasteiger partial charge in [-0.2, -0.15) is 5.10 Å². The number of nitrogens with one attached hydrogen (secondary N) is 1. The van der Waals surface area contributed by atoms with Crippen LogP contribution in [0.1, 0.15) is 15.9 Å². The van der Waals surface area contributed by atoms with Gasteiger partial charge < -0.3 is 11.5 Å². The van der Waals surface area contributed by atoms with Crippen LogP contribution in [-0.2, 0) is 0 Å². The summed E-state index contributed by atoms with van der Waals surface area (Å²) in [6.45, 7) is 0. The number of hydrogen-bond donors (Lipinski definition) is 3. The summed E-state index contributed by atoms with van der Waals surface area (Å²) in [6.07, 6.45) is 2.24. The maximum Gasteiger partial charge on any atom is 0.152 e. The number of nitrogens with two attached hydrogens (primary N) is 2. The number of nitrogens with zero attached hydrogens (tertiary/aromatic N) is 1. The van der Waals surface area contributed by atoms with E-state index in [9.17, 15) is 4.79 Å². The minimum atomic E-state index is 0.362. The van der Waals surface area contributed by atoms with Crippen LogP contribution in [0, 0.1) is 0 Å². The first-order valence-electron chi connectivity index (χ1n) is 5.69. The molecular weight excluding hydrogens is 240 g/mol. The van der Waals surface area contributed by atoms with Crippen molar-refractivity contribution in [1.82, 2.24) is 0 Å². The Kier molecular flexibility index (Phi) is 3.78. The fourth-order valence-electron chi connectivity index (χ4n) is 1.57. The Morgan fingerprint density at radius 2 is 1.68 bits per heavy atom. The standard InChI is InChI=1S/C14H14N4O/c15-13-7-14(16)11(9-19)6-10(13)8-17-18-12-4-2-1-3-5-12/h1-9,18H,15-16H2/b17-8-. The second-order valence-electron chi connectivity index (χ2n) is 3.96. The van der Waals surface area contributed by atoms with E-state index < -0.39 is 0 Å². The number of hydrogen-bond acceptors (Lipinski definition) is 5. The molecule has 2 aromatic rings. The summed E-state index contributed by atoms with van der Waals surface area (Å²) < 4.78 is 0. The number of rotatable bonds is 4. The average Bonchev–Trinajstić information content (AvgIpc) is 2.42. The van der Waals surface area contributed by atoms with E-state index in [4.69, 9.17) is 11.5 Å². The molecule has 2 rings (SSSR count). The Labute approximate surface area is 110 Å². The number of nitrogen functional groups attached to an aromatic ring is 2. The summed E-state index contributed by atoms with van der Waals surface area (Å²) in [6, 6.07) is 12.7. The lowest BCUT2D eigenvalue weighted by molar-refractivity contribution is 0.112. The molecule has 0 saturated heterocycles. The van der Waals surface area contributed by atoms with Crippen molar-refractivity contribution in [3.63, 3.8) is 0 Å². The molecule has 5 N–H and O–H groups in total. The Hall–Kier alpha value is -2.82. The highest BCUT2D eigenvalue weighted by molar-refractivity contribution is 5.94. The Bertz CT molecular complexity index is 608. The van der Waals surface area contributed by atoms with Crippen LogP contribution in [0.3, 0.4) is 0 Å². The van der Waals surface area contributed by atoms with Gasteiger partial charge in [0.25, 0.3) is 0 Å². The van der Waals surface area contributed by atoms with E-state index in [0.717, 1.165) is 5.69 Å². The van der Waals surface area contributed by atoms with Gasteiger partial charge in [0, 0.05) is 22.5 Å². The molecule has 0 atom stereocenters. The molecule has 0 amide bonds. The van der Waals surface area contributed by atoms with Crippen molar-refractivity contribution in [2.45, 2.75) is 0 Å². The van der Waals surface area contributed by atoms with Crippen LogP contribution in [0.2, 0.25) is 0 Å². The van der Waals surface area contributed by atoms with E-state index in [0.29, 0.717) is 28.8 Å². The first kappa shape index (κ1) is 12.6. The first-order valence-corrected chi connectivity index (χ1v) is 5.69. The zero-order valence-corrected chi connectivity index (χ0v) is 10.2. The highest BCUT2D eigenvalue weighted by Crippen LogP contribution is 2.18. The van der Waals surface area contributed by atoms with Crippen LogP contribution in [0.25, 0.3) is 0 Å². The minimum absolute atomic E-state index is 0.362. The Balaban J connectivity index is 2.17. The molecule has 5 heteroatoms. The summed E-state index contributed by atoms with van der Waals surface area (Å²) in [4.78, 5) is 10.8. The number of aldehydes is 1. The van der Waals surface area contributed by atoms with Gasteiger partial charge in [0.15, 0.2) is 6.29 Å². The van der Waals surface area contributed by atoms with Gasteiger partial charge in [-0.1, -0.05) is 18.2 Å². The number of carbonyl (C=O) groups excluding carboxylic acids is 1. The maximum atomic E-state index is 10.8. The van der Waals surface area contributed by atoms with Crippen LogP contribution < -0.4 is 16.9 Å². The minimum Gasteiger partial charge on any atom is -0.398 e. The largest absolute Gasteiger partial charge is 0.398 e. The van der Waals surface area contributed by atoms with E-state index in [2.05, 4.69) is 10.5 Å². The van der Waals surface area contributed by atoms with Crippen molar-refractivity contribution >= 4 is 29.6 Å². The highest BCUT2D eigenvalue weighted by Gasteiger charge is 2.03. The topological polar surface area (TPSA) is 93.5 Å². The summed E-state index contributed by atoms with van der Waals surface area (Å²) in [7, 11) is 0. The molecule has 0 aliphatic heterocycles. The van der Waals surface area contributed by atoms with Crippen LogP contribution in [-0.4, -0.2) is 12.5 Å². The molecule has 0 saturated carbocycles. The van der Waals surface area contributed by atoms with Crippen molar-refractivity contribution in [3.8, 4) is 0 Å². The van der Waals surface area contributed by atoms with Crippen molar-refractivity contribution in [2.24, 2.45) is 5.10 Å². The van der Waals surface area contributed by atoms with Crippen molar-refractivity contribution in [2.75, 3.05) is 16.9 Å². The lowest BCUT2D eigenvalue weighted by Gasteiger charge is -2.05. The molecule has 0 bridgehead atoms. The van der Waals surface area contributed by atoms with Crippen molar-refractivity contribution in [1.29, 1.82) is 0 Å². The van der Waals surface area contributed by atoms with Gasteiger partial charge in [-0.3, -0.25) is 10.2 Å². The quantitative estimate of drug-likeness (QED) is 0.337. The molecule has 5 nitrogen and oxygen atoms in total. The number of hydrazone groups is 1. The van der Waals surface area contributed by atoms with Crippen LogP contribution in [0.4, 0.5) is 17.1 Å². The van der Waals surface area contributed by atoms with Gasteiger partial charge in [0.1, 0.15) is 0 Å². The fraction of sp³-hybridized carbons (Fsp3) is 0. The van der Waals surface area contributed by atoms with Gasteiger partial charge in [-0.25, -0.2) is 0 Å². The third-order valence-electron chi connectivity index (χ3n) is 2.59. The second-order valence-corrected chi connectivity index (χ2v) is 3.96. The molecule has 96 valence electrons. The normalized spacial score (nSPS) is 10.5. The summed E-state index contributed by atoms with van der Waals surface area (Å²) >= 11 is 0. The molecule has 19 heavy (non-hydrogen) atoms. The van der Waals surface area contributed by atoms with Gasteiger partial charge in [0.05, 0.1) is 11.9 Å². The summed E-state index contributed by atoms with van der Waals surface area (Å²) in [5.41, 5.74) is 17.1. The molecule has 0 aliphatic rings. The zero-order valence-electron chi connectivity index (χ0n) is 10.2. The SMILES string of the molecule is Nc1cc(N)c(/C=N\Nc2ccccc2)cc1C=O. The molecule has 0 heterocycles. The predicted molar refractivity (Wildman–Crippen MR) is 78.3 cm³/mol. The Morgan fingerprint density at radius 3 is 2.37 bits per heavy atom. The van der Waals surface area contributed by atoms with E-state index in [1.165, 1.54) is 0 Å². The predicted octanol–water partition coefficient (Wildman–Crippen LogP) is 2.11. The van der Waals surface area contributed by atoms with E-state index in [1.807, 2.05) is 30.3 Å². The van der Waals surface area contributed by atoms with Crippen molar-refractivity contribution < 1.29 is 4.79 Å². The van der Waals surface area contributed by atoms with E-state index in [-0.39, 0.29) is 0 Å². The third-order valence-corrected chi connectivity index (χ3v) is 2.59. The first-order chi connectivity index (χ1) is 9.20. The molecule has 0 fully saturated rings. The average molecular weight is 254 g/mol. The van der Waals surface area contributed by atoms with Gasteiger partial charge in [0.2, 0.25) is 0 Å². The molecule has 0 aliphatic carbocycles.